The highest BCUT2D eigenvalue weighted by atomic mass is 32.2. The molecule has 1 fully saturated rings. The molecular formula is C9H18N2O3S. The van der Waals surface area contributed by atoms with E-state index in [2.05, 4.69) is 4.72 Å². The summed E-state index contributed by atoms with van der Waals surface area (Å²) in [5, 5.41) is 0. The van der Waals surface area contributed by atoms with Crippen LogP contribution in [-0.4, -0.2) is 44.6 Å². The lowest BCUT2D eigenvalue weighted by Gasteiger charge is -2.32. The quantitative estimate of drug-likeness (QED) is 0.743. The van der Waals surface area contributed by atoms with Crippen molar-refractivity contribution in [2.45, 2.75) is 32.2 Å². The molecule has 1 aliphatic rings. The van der Waals surface area contributed by atoms with E-state index in [0.717, 1.165) is 25.6 Å². The van der Waals surface area contributed by atoms with Crippen molar-refractivity contribution in [2.75, 3.05) is 19.3 Å². The highest BCUT2D eigenvalue weighted by Crippen LogP contribution is 2.11. The van der Waals surface area contributed by atoms with Crippen LogP contribution in [0.1, 0.15) is 26.2 Å². The zero-order valence-electron chi connectivity index (χ0n) is 9.19. The minimum Gasteiger partial charge on any atom is -0.341 e. The average Bonchev–Trinajstić information content (AvgIpc) is 2.14. The Labute approximate surface area is 90.9 Å². The number of likely N-dealkylation sites (tertiary alicyclic amines) is 1. The predicted molar refractivity (Wildman–Crippen MR) is 57.9 cm³/mol. The molecule has 1 rings (SSSR count). The third-order valence-corrected chi connectivity index (χ3v) is 3.22. The first kappa shape index (κ1) is 12.4. The SMILES string of the molecule is CCC(=O)N1CCC[C@H](NS(C)(=O)=O)C1. The van der Waals surface area contributed by atoms with E-state index in [1.54, 1.807) is 4.90 Å². The molecule has 0 saturated carbocycles. The maximum Gasteiger partial charge on any atom is 0.222 e. The van der Waals surface area contributed by atoms with Crippen LogP contribution in [0.4, 0.5) is 0 Å². The number of hydrogen-bond acceptors (Lipinski definition) is 3. The lowest BCUT2D eigenvalue weighted by Crippen LogP contribution is -2.49. The van der Waals surface area contributed by atoms with E-state index in [-0.39, 0.29) is 11.9 Å². The van der Waals surface area contributed by atoms with Crippen LogP contribution in [0.25, 0.3) is 0 Å². The molecule has 1 amide bonds. The van der Waals surface area contributed by atoms with Crippen molar-refractivity contribution in [3.05, 3.63) is 0 Å². The largest absolute Gasteiger partial charge is 0.341 e. The Hall–Kier alpha value is -0.620. The minimum atomic E-state index is -3.17. The second kappa shape index (κ2) is 4.94. The molecule has 1 aliphatic heterocycles. The lowest BCUT2D eigenvalue weighted by atomic mass is 10.1. The van der Waals surface area contributed by atoms with E-state index < -0.39 is 10.0 Å². The highest BCUT2D eigenvalue weighted by Gasteiger charge is 2.24. The van der Waals surface area contributed by atoms with Gasteiger partial charge < -0.3 is 4.90 Å². The van der Waals surface area contributed by atoms with E-state index in [9.17, 15) is 13.2 Å². The smallest absolute Gasteiger partial charge is 0.222 e. The maximum atomic E-state index is 11.4. The molecule has 0 radical (unpaired) electrons. The van der Waals surface area contributed by atoms with E-state index in [1.807, 2.05) is 6.92 Å². The standard InChI is InChI=1S/C9H18N2O3S/c1-3-9(12)11-6-4-5-8(7-11)10-15(2,13)14/h8,10H,3-7H2,1-2H3/t8-/m0/s1. The summed E-state index contributed by atoms with van der Waals surface area (Å²) in [6, 6.07) is -0.121. The Morgan fingerprint density at radius 1 is 1.53 bits per heavy atom. The number of carbonyl (C=O) groups is 1. The molecule has 0 aromatic rings. The summed E-state index contributed by atoms with van der Waals surface area (Å²) in [5.41, 5.74) is 0. The first-order chi connectivity index (χ1) is 6.92. The number of carbonyl (C=O) groups excluding carboxylic acids is 1. The maximum absolute atomic E-state index is 11.4. The van der Waals surface area contributed by atoms with Crippen molar-refractivity contribution in [2.24, 2.45) is 0 Å². The van der Waals surface area contributed by atoms with Crippen LogP contribution < -0.4 is 4.72 Å². The molecule has 1 atom stereocenters. The van der Waals surface area contributed by atoms with Crippen molar-refractivity contribution >= 4 is 15.9 Å². The van der Waals surface area contributed by atoms with Crippen molar-refractivity contribution in [1.82, 2.24) is 9.62 Å². The number of nitrogens with zero attached hydrogens (tertiary/aromatic N) is 1. The molecule has 0 unspecified atom stereocenters. The van der Waals surface area contributed by atoms with Gasteiger partial charge >= 0.3 is 0 Å². The molecule has 6 heteroatoms. The fraction of sp³-hybridized carbons (Fsp3) is 0.889. The minimum absolute atomic E-state index is 0.0926. The summed E-state index contributed by atoms with van der Waals surface area (Å²) in [6.45, 7) is 3.06. The molecule has 1 N–H and O–H groups in total. The van der Waals surface area contributed by atoms with E-state index in [1.165, 1.54) is 0 Å². The lowest BCUT2D eigenvalue weighted by molar-refractivity contribution is -0.132. The van der Waals surface area contributed by atoms with Crippen LogP contribution in [0, 0.1) is 0 Å². The van der Waals surface area contributed by atoms with Crippen LogP contribution in [0.2, 0.25) is 0 Å². The molecule has 5 nitrogen and oxygen atoms in total. The number of nitrogens with one attached hydrogen (secondary N) is 1. The Bertz CT molecular complexity index is 326. The van der Waals surface area contributed by atoms with Gasteiger partial charge in [0, 0.05) is 25.6 Å². The van der Waals surface area contributed by atoms with Crippen LogP contribution in [0.5, 0.6) is 0 Å². The van der Waals surface area contributed by atoms with Gasteiger partial charge in [-0.1, -0.05) is 6.92 Å². The van der Waals surface area contributed by atoms with Gasteiger partial charge in [0.2, 0.25) is 15.9 Å². The molecular weight excluding hydrogens is 216 g/mol. The van der Waals surface area contributed by atoms with E-state index in [0.29, 0.717) is 13.0 Å². The second-order valence-electron chi connectivity index (χ2n) is 3.92. The number of hydrogen-bond donors (Lipinski definition) is 1. The first-order valence-corrected chi connectivity index (χ1v) is 7.06. The van der Waals surface area contributed by atoms with Crippen molar-refractivity contribution in [3.8, 4) is 0 Å². The zero-order chi connectivity index (χ0) is 11.5. The van der Waals surface area contributed by atoms with Gasteiger partial charge in [0.15, 0.2) is 0 Å². The van der Waals surface area contributed by atoms with E-state index >= 15 is 0 Å². The number of amides is 1. The highest BCUT2D eigenvalue weighted by molar-refractivity contribution is 7.88. The summed E-state index contributed by atoms with van der Waals surface area (Å²) in [5.74, 6) is 0.0926. The van der Waals surface area contributed by atoms with Gasteiger partial charge in [-0.3, -0.25) is 4.79 Å². The van der Waals surface area contributed by atoms with Gasteiger partial charge in [0.05, 0.1) is 6.26 Å². The Balaban J connectivity index is 2.53. The molecule has 15 heavy (non-hydrogen) atoms. The predicted octanol–water partition coefficient (Wildman–Crippen LogP) is -0.0634. The van der Waals surface area contributed by atoms with Crippen LogP contribution in [0.15, 0.2) is 0 Å². The Morgan fingerprint density at radius 2 is 2.20 bits per heavy atom. The van der Waals surface area contributed by atoms with E-state index in [4.69, 9.17) is 0 Å². The summed E-state index contributed by atoms with van der Waals surface area (Å²) >= 11 is 0. The Kier molecular flexibility index (Phi) is 4.10. The monoisotopic (exact) mass is 234 g/mol. The summed E-state index contributed by atoms with van der Waals surface area (Å²) < 4.78 is 24.6. The fourth-order valence-corrected chi connectivity index (χ4v) is 2.62. The van der Waals surface area contributed by atoms with Gasteiger partial charge in [-0.05, 0) is 12.8 Å². The van der Waals surface area contributed by atoms with Crippen LogP contribution in [0.3, 0.4) is 0 Å². The third kappa shape index (κ3) is 4.17. The van der Waals surface area contributed by atoms with Crippen molar-refractivity contribution in [3.63, 3.8) is 0 Å². The molecule has 0 bridgehead atoms. The molecule has 1 heterocycles. The van der Waals surface area contributed by atoms with Crippen LogP contribution in [-0.2, 0) is 14.8 Å². The van der Waals surface area contributed by atoms with Gasteiger partial charge in [-0.2, -0.15) is 0 Å². The summed E-state index contributed by atoms with van der Waals surface area (Å²) in [7, 11) is -3.17. The van der Waals surface area contributed by atoms with Gasteiger partial charge in [0.1, 0.15) is 0 Å². The van der Waals surface area contributed by atoms with Crippen LogP contribution >= 0.6 is 0 Å². The normalized spacial score (nSPS) is 22.8. The number of piperidine rings is 1. The summed E-state index contributed by atoms with van der Waals surface area (Å²) in [6.07, 6.45) is 3.29. The molecule has 0 aromatic heterocycles. The molecule has 0 aliphatic carbocycles. The molecule has 0 aromatic carbocycles. The molecule has 1 saturated heterocycles. The summed E-state index contributed by atoms with van der Waals surface area (Å²) in [4.78, 5) is 13.2. The van der Waals surface area contributed by atoms with Gasteiger partial charge in [0.25, 0.3) is 0 Å². The van der Waals surface area contributed by atoms with Gasteiger partial charge in [-0.15, -0.1) is 0 Å². The second-order valence-corrected chi connectivity index (χ2v) is 5.70. The number of rotatable bonds is 3. The van der Waals surface area contributed by atoms with Gasteiger partial charge in [-0.25, -0.2) is 13.1 Å². The molecule has 88 valence electrons. The average molecular weight is 234 g/mol. The first-order valence-electron chi connectivity index (χ1n) is 5.17. The zero-order valence-corrected chi connectivity index (χ0v) is 10.0. The topological polar surface area (TPSA) is 66.5 Å². The fourth-order valence-electron chi connectivity index (χ4n) is 1.83. The van der Waals surface area contributed by atoms with Crippen molar-refractivity contribution in [1.29, 1.82) is 0 Å². The Morgan fingerprint density at radius 3 is 2.73 bits per heavy atom. The third-order valence-electron chi connectivity index (χ3n) is 2.46. The molecule has 0 spiro atoms. The number of sulfonamides is 1. The van der Waals surface area contributed by atoms with Crippen molar-refractivity contribution < 1.29 is 13.2 Å².